The third kappa shape index (κ3) is 8.17. The number of benzene rings is 5. The molecule has 2 heteroatoms. The summed E-state index contributed by atoms with van der Waals surface area (Å²) in [5, 5.41) is 0. The van der Waals surface area contributed by atoms with Crippen LogP contribution in [0.4, 0.5) is 28.4 Å². The zero-order valence-electron chi connectivity index (χ0n) is 43.4. The van der Waals surface area contributed by atoms with Gasteiger partial charge in [-0.25, -0.2) is 0 Å². The second kappa shape index (κ2) is 15.4. The van der Waals surface area contributed by atoms with Gasteiger partial charge in [0.1, 0.15) is 0 Å². The summed E-state index contributed by atoms with van der Waals surface area (Å²) in [7, 11) is 0. The first-order valence-corrected chi connectivity index (χ1v) is 24.8. The van der Waals surface area contributed by atoms with E-state index in [9.17, 15) is 0 Å². The van der Waals surface area contributed by atoms with Crippen LogP contribution >= 0.6 is 0 Å². The third-order valence-electron chi connectivity index (χ3n) is 16.6. The smallest absolute Gasteiger partial charge is 0.0543 e. The molecule has 0 unspecified atom stereocenters. The lowest BCUT2D eigenvalue weighted by atomic mass is 9.62. The summed E-state index contributed by atoms with van der Waals surface area (Å²) >= 11 is 0. The largest absolute Gasteiger partial charge is 0.339 e. The Labute approximate surface area is 390 Å². The highest BCUT2D eigenvalue weighted by Gasteiger charge is 2.41. The number of hydrogen-bond donors (Lipinski definition) is 0. The lowest BCUT2D eigenvalue weighted by Gasteiger charge is -2.44. The van der Waals surface area contributed by atoms with Gasteiger partial charge in [-0.05, 0) is 202 Å². The normalized spacial score (nSPS) is 19.9. The van der Waals surface area contributed by atoms with Gasteiger partial charge in [-0.3, -0.25) is 0 Å². The summed E-state index contributed by atoms with van der Waals surface area (Å²) in [6, 6.07) is 37.2. The van der Waals surface area contributed by atoms with E-state index in [1.807, 2.05) is 0 Å². The van der Waals surface area contributed by atoms with Crippen LogP contribution in [0.5, 0.6) is 0 Å². The van der Waals surface area contributed by atoms with Crippen LogP contribution < -0.4 is 9.80 Å². The molecule has 0 heterocycles. The van der Waals surface area contributed by atoms with Crippen molar-refractivity contribution in [3.8, 4) is 11.1 Å². The summed E-state index contributed by atoms with van der Waals surface area (Å²) in [4.78, 5) is 5.24. The van der Waals surface area contributed by atoms with Crippen LogP contribution in [-0.4, -0.2) is 6.04 Å². The van der Waals surface area contributed by atoms with E-state index in [4.69, 9.17) is 0 Å². The molecule has 0 aliphatic heterocycles. The summed E-state index contributed by atoms with van der Waals surface area (Å²) < 4.78 is 0. The molecule has 0 saturated heterocycles. The molecule has 0 spiro atoms. The molecule has 5 aromatic carbocycles. The molecule has 64 heavy (non-hydrogen) atoms. The first kappa shape index (κ1) is 46.2. The molecule has 0 atom stereocenters. The summed E-state index contributed by atoms with van der Waals surface area (Å²) in [6.45, 7) is 43.4. The van der Waals surface area contributed by atoms with Crippen molar-refractivity contribution >= 4 is 28.4 Å². The van der Waals surface area contributed by atoms with E-state index < -0.39 is 0 Å². The van der Waals surface area contributed by atoms with Crippen LogP contribution in [0, 0.1) is 6.92 Å². The number of nitrogens with zero attached hydrogens (tertiary/aromatic N) is 2. The molecule has 5 aromatic rings. The minimum atomic E-state index is 0.0444. The number of fused-ring (bicyclic) bond motifs is 3. The molecule has 3 aliphatic rings. The van der Waals surface area contributed by atoms with Crippen LogP contribution in [0.3, 0.4) is 0 Å². The van der Waals surface area contributed by atoms with Crippen molar-refractivity contribution in [2.24, 2.45) is 0 Å². The number of hydrogen-bond acceptors (Lipinski definition) is 2. The minimum absolute atomic E-state index is 0.0444. The van der Waals surface area contributed by atoms with Gasteiger partial charge in [-0.15, -0.1) is 0 Å². The predicted molar refractivity (Wildman–Crippen MR) is 280 cm³/mol. The standard InChI is InChI=1S/C62H82N2/c1-40(2)63(44-23-25-49-51(36-44)59(11,12)29-27-57(49,7)8)46-33-41(3)34-47(35-46)64(45-24-26-50-52(37-45)60(13,14)30-28-58(50,9)10)55-39-54-53(61(15,16)31-32-62(54,17)18)38-48(55)42-19-21-43(22-20-42)56(4,5)6/h19-26,33-40H,27-32H2,1-18H3. The Hall–Kier alpha value is -4.30. The molecule has 0 amide bonds. The van der Waals surface area contributed by atoms with Gasteiger partial charge in [-0.1, -0.05) is 140 Å². The maximum Gasteiger partial charge on any atom is 0.0543 e. The lowest BCUT2D eigenvalue weighted by molar-refractivity contribution is 0.332. The van der Waals surface area contributed by atoms with Crippen molar-refractivity contribution in [3.05, 3.63) is 136 Å². The Balaban J connectivity index is 1.42. The molecule has 0 fully saturated rings. The molecular weight excluding hydrogens is 773 g/mol. The Morgan fingerprint density at radius 2 is 0.828 bits per heavy atom. The first-order valence-electron chi connectivity index (χ1n) is 24.8. The monoisotopic (exact) mass is 855 g/mol. The van der Waals surface area contributed by atoms with Gasteiger partial charge in [0, 0.05) is 34.4 Å². The van der Waals surface area contributed by atoms with E-state index in [-0.39, 0.29) is 43.9 Å². The van der Waals surface area contributed by atoms with Gasteiger partial charge in [0.15, 0.2) is 0 Å². The highest BCUT2D eigenvalue weighted by Crippen LogP contribution is 2.54. The van der Waals surface area contributed by atoms with E-state index >= 15 is 0 Å². The quantitative estimate of drug-likeness (QED) is 0.161. The topological polar surface area (TPSA) is 6.48 Å². The fraction of sp³-hybridized carbons (Fsp3) is 0.516. The SMILES string of the molecule is Cc1cc(N(c2ccc3c(c2)C(C)(C)CCC3(C)C)c2cc3c(cc2-c2ccc(C(C)(C)C)cc2)C(C)(C)CCC3(C)C)cc(N(c2ccc3c(c2)C(C)(C)CCC3(C)C)C(C)C)c1. The summed E-state index contributed by atoms with van der Waals surface area (Å²) in [5.41, 5.74) is 21.0. The Bertz CT molecular complexity index is 2580. The summed E-state index contributed by atoms with van der Waals surface area (Å²) in [6.07, 6.45) is 7.14. The van der Waals surface area contributed by atoms with Crippen molar-refractivity contribution in [2.45, 2.75) is 207 Å². The predicted octanol–water partition coefficient (Wildman–Crippen LogP) is 18.0. The highest BCUT2D eigenvalue weighted by atomic mass is 15.2. The van der Waals surface area contributed by atoms with Gasteiger partial charge in [0.05, 0.1) is 5.69 Å². The average molecular weight is 855 g/mol. The minimum Gasteiger partial charge on any atom is -0.339 e. The van der Waals surface area contributed by atoms with Crippen LogP contribution in [0.25, 0.3) is 11.1 Å². The molecule has 0 aromatic heterocycles. The molecule has 0 N–H and O–H groups in total. The molecule has 0 bridgehead atoms. The van der Waals surface area contributed by atoms with Gasteiger partial charge < -0.3 is 9.80 Å². The van der Waals surface area contributed by atoms with Gasteiger partial charge >= 0.3 is 0 Å². The molecule has 8 rings (SSSR count). The maximum atomic E-state index is 2.65. The van der Waals surface area contributed by atoms with Crippen molar-refractivity contribution in [1.29, 1.82) is 0 Å². The number of aryl methyl sites for hydroxylation is 1. The molecule has 0 radical (unpaired) electrons. The summed E-state index contributed by atoms with van der Waals surface area (Å²) in [5.74, 6) is 0. The second-order valence-electron chi connectivity index (χ2n) is 25.8. The van der Waals surface area contributed by atoms with Crippen LogP contribution in [0.15, 0.2) is 91.0 Å². The van der Waals surface area contributed by atoms with Crippen LogP contribution in [0.2, 0.25) is 0 Å². The molecule has 2 nitrogen and oxygen atoms in total. The van der Waals surface area contributed by atoms with Gasteiger partial charge in [-0.2, -0.15) is 0 Å². The van der Waals surface area contributed by atoms with E-state index in [2.05, 4.69) is 225 Å². The fourth-order valence-corrected chi connectivity index (χ4v) is 11.8. The average Bonchev–Trinajstić information content (AvgIpc) is 3.20. The van der Waals surface area contributed by atoms with Crippen LogP contribution in [0.1, 0.15) is 201 Å². The third-order valence-corrected chi connectivity index (χ3v) is 16.6. The fourth-order valence-electron chi connectivity index (χ4n) is 11.8. The Morgan fingerprint density at radius 1 is 0.422 bits per heavy atom. The van der Waals surface area contributed by atoms with E-state index in [0.29, 0.717) is 0 Å². The van der Waals surface area contributed by atoms with Crippen molar-refractivity contribution < 1.29 is 0 Å². The Morgan fingerprint density at radius 3 is 1.30 bits per heavy atom. The van der Waals surface area contributed by atoms with E-state index in [1.165, 1.54) is 123 Å². The molecule has 0 saturated carbocycles. The van der Waals surface area contributed by atoms with Crippen LogP contribution in [-0.2, 0) is 37.9 Å². The van der Waals surface area contributed by atoms with Crippen molar-refractivity contribution in [1.82, 2.24) is 0 Å². The molecule has 340 valence electrons. The van der Waals surface area contributed by atoms with E-state index in [1.54, 1.807) is 0 Å². The Kier molecular flexibility index (Phi) is 11.1. The molecular formula is C62H82N2. The van der Waals surface area contributed by atoms with Gasteiger partial charge in [0.25, 0.3) is 0 Å². The number of anilines is 5. The van der Waals surface area contributed by atoms with Crippen molar-refractivity contribution in [2.75, 3.05) is 9.80 Å². The lowest BCUT2D eigenvalue weighted by Crippen LogP contribution is -2.35. The van der Waals surface area contributed by atoms with E-state index in [0.717, 1.165) is 0 Å². The second-order valence-corrected chi connectivity index (χ2v) is 25.8. The zero-order chi connectivity index (χ0) is 46.7. The highest BCUT2D eigenvalue weighted by molar-refractivity contribution is 5.91. The number of rotatable bonds is 7. The van der Waals surface area contributed by atoms with Crippen molar-refractivity contribution in [3.63, 3.8) is 0 Å². The molecule has 3 aliphatic carbocycles. The first-order chi connectivity index (χ1) is 29.5. The maximum absolute atomic E-state index is 2.65. The zero-order valence-corrected chi connectivity index (χ0v) is 43.4. The van der Waals surface area contributed by atoms with Gasteiger partial charge in [0.2, 0.25) is 0 Å².